The number of nitrogens with one attached hydrogen (secondary N) is 1. The van der Waals surface area contributed by atoms with Gasteiger partial charge in [0, 0.05) is 11.9 Å². The van der Waals surface area contributed by atoms with Crippen LogP contribution in [0.25, 0.3) is 0 Å². The van der Waals surface area contributed by atoms with Crippen molar-refractivity contribution in [2.24, 2.45) is 7.05 Å². The van der Waals surface area contributed by atoms with E-state index in [0.717, 1.165) is 21.6 Å². The van der Waals surface area contributed by atoms with Gasteiger partial charge >= 0.3 is 0 Å². The van der Waals surface area contributed by atoms with Crippen LogP contribution in [0.4, 0.5) is 5.69 Å². The molecular weight excluding hydrogens is 404 g/mol. The third kappa shape index (κ3) is 4.64. The summed E-state index contributed by atoms with van der Waals surface area (Å²) in [5.74, 6) is 0. The van der Waals surface area contributed by atoms with E-state index in [0.29, 0.717) is 15.7 Å². The lowest BCUT2D eigenvalue weighted by Crippen LogP contribution is -2.18. The summed E-state index contributed by atoms with van der Waals surface area (Å²) in [6, 6.07) is 11.2. The third-order valence-electron chi connectivity index (χ3n) is 4.60. The summed E-state index contributed by atoms with van der Waals surface area (Å²) in [5, 5.41) is 8.62. The van der Waals surface area contributed by atoms with Crippen molar-refractivity contribution in [1.82, 2.24) is 14.8 Å². The topological polar surface area (TPSA) is 76.9 Å². The molecule has 0 saturated carbocycles. The van der Waals surface area contributed by atoms with Crippen LogP contribution in [0.3, 0.4) is 0 Å². The van der Waals surface area contributed by atoms with Crippen molar-refractivity contribution in [3.05, 3.63) is 59.4 Å². The maximum atomic E-state index is 13.3. The van der Waals surface area contributed by atoms with Crippen molar-refractivity contribution in [3.63, 3.8) is 0 Å². The van der Waals surface area contributed by atoms with Gasteiger partial charge in [-0.2, -0.15) is 0 Å². The van der Waals surface area contributed by atoms with Gasteiger partial charge in [-0.1, -0.05) is 45.0 Å². The number of aromatic nitrogens is 3. The number of hydrogen-bond acceptors (Lipinski definition) is 5. The molecule has 3 rings (SSSR count). The Balaban J connectivity index is 1.98. The van der Waals surface area contributed by atoms with Crippen molar-refractivity contribution >= 4 is 27.5 Å². The molecular formula is C21H26N4O2S2. The predicted octanol–water partition coefficient (Wildman–Crippen LogP) is 4.68. The second-order valence-electron chi connectivity index (χ2n) is 8.12. The molecule has 2 aromatic carbocycles. The molecule has 29 heavy (non-hydrogen) atoms. The molecule has 0 saturated heterocycles. The molecule has 0 bridgehead atoms. The average molecular weight is 431 g/mol. The van der Waals surface area contributed by atoms with Crippen molar-refractivity contribution in [2.75, 3.05) is 4.72 Å². The van der Waals surface area contributed by atoms with Crippen LogP contribution in [-0.2, 0) is 22.5 Å². The smallest absolute Gasteiger partial charge is 0.262 e. The highest BCUT2D eigenvalue weighted by Crippen LogP contribution is 2.35. The SMILES string of the molecule is Cc1cc(C(C)(C)C)cc(C)c1S(=O)(=O)Nc1ccccc1Sc1nncn1C. The molecule has 0 fully saturated rings. The van der Waals surface area contributed by atoms with Crippen LogP contribution in [0.1, 0.15) is 37.5 Å². The van der Waals surface area contributed by atoms with Gasteiger partial charge < -0.3 is 4.57 Å². The summed E-state index contributed by atoms with van der Waals surface area (Å²) < 4.78 is 31.1. The lowest BCUT2D eigenvalue weighted by Gasteiger charge is -2.22. The fraction of sp³-hybridized carbons (Fsp3) is 0.333. The molecule has 0 unspecified atom stereocenters. The van der Waals surface area contributed by atoms with E-state index in [1.54, 1.807) is 23.0 Å². The van der Waals surface area contributed by atoms with Crippen LogP contribution in [-0.4, -0.2) is 23.2 Å². The van der Waals surface area contributed by atoms with Gasteiger partial charge in [0.05, 0.1) is 10.6 Å². The van der Waals surface area contributed by atoms with Crippen LogP contribution in [0.5, 0.6) is 0 Å². The summed E-state index contributed by atoms with van der Waals surface area (Å²) in [6.07, 6.45) is 1.61. The minimum absolute atomic E-state index is 0.0510. The van der Waals surface area contributed by atoms with Gasteiger partial charge in [-0.15, -0.1) is 10.2 Å². The van der Waals surface area contributed by atoms with Gasteiger partial charge in [0.25, 0.3) is 10.0 Å². The van der Waals surface area contributed by atoms with Crippen LogP contribution < -0.4 is 4.72 Å². The van der Waals surface area contributed by atoms with E-state index in [9.17, 15) is 8.42 Å². The number of benzene rings is 2. The van der Waals surface area contributed by atoms with Crippen molar-refractivity contribution in [3.8, 4) is 0 Å². The van der Waals surface area contributed by atoms with E-state index < -0.39 is 10.0 Å². The first-order valence-corrected chi connectivity index (χ1v) is 11.5. The van der Waals surface area contributed by atoms with E-state index in [1.165, 1.54) is 11.8 Å². The number of rotatable bonds is 5. The monoisotopic (exact) mass is 430 g/mol. The first-order valence-electron chi connectivity index (χ1n) is 9.24. The maximum Gasteiger partial charge on any atom is 0.262 e. The Hall–Kier alpha value is -2.32. The summed E-state index contributed by atoms with van der Waals surface area (Å²) in [4.78, 5) is 1.08. The zero-order valence-electron chi connectivity index (χ0n) is 17.5. The molecule has 0 aliphatic rings. The standard InChI is InChI=1S/C21H26N4O2S2/c1-14-11-16(21(3,4)5)12-15(2)19(14)29(26,27)24-17-9-7-8-10-18(17)28-20-23-22-13-25(20)6/h7-13,24H,1-6H3. The molecule has 0 aliphatic carbocycles. The summed E-state index contributed by atoms with van der Waals surface area (Å²) in [6.45, 7) is 10.0. The zero-order valence-corrected chi connectivity index (χ0v) is 19.1. The number of aryl methyl sites for hydroxylation is 3. The van der Waals surface area contributed by atoms with Gasteiger partial charge in [0.1, 0.15) is 6.33 Å². The molecule has 0 radical (unpaired) electrons. The van der Waals surface area contributed by atoms with E-state index in [-0.39, 0.29) is 5.41 Å². The molecule has 6 nitrogen and oxygen atoms in total. The lowest BCUT2D eigenvalue weighted by molar-refractivity contribution is 0.585. The van der Waals surface area contributed by atoms with Crippen LogP contribution in [0.2, 0.25) is 0 Å². The summed E-state index contributed by atoms with van der Waals surface area (Å²) >= 11 is 1.36. The van der Waals surface area contributed by atoms with E-state index >= 15 is 0 Å². The third-order valence-corrected chi connectivity index (χ3v) is 7.40. The highest BCUT2D eigenvalue weighted by atomic mass is 32.2. The minimum atomic E-state index is -3.75. The molecule has 1 heterocycles. The summed E-state index contributed by atoms with van der Waals surface area (Å²) in [5.41, 5.74) is 3.05. The number of sulfonamides is 1. The fourth-order valence-electron chi connectivity index (χ4n) is 3.11. The second kappa shape index (κ2) is 7.84. The van der Waals surface area contributed by atoms with Crippen molar-refractivity contribution in [2.45, 2.75) is 55.0 Å². The molecule has 0 atom stereocenters. The Bertz CT molecular complexity index is 1120. The molecule has 0 amide bonds. The minimum Gasteiger partial charge on any atom is -0.311 e. The van der Waals surface area contributed by atoms with Gasteiger partial charge in [-0.3, -0.25) is 4.72 Å². The molecule has 0 spiro atoms. The molecule has 0 aliphatic heterocycles. The fourth-order valence-corrected chi connectivity index (χ4v) is 5.56. The quantitative estimate of drug-likeness (QED) is 0.636. The van der Waals surface area contributed by atoms with Crippen LogP contribution in [0, 0.1) is 13.8 Å². The Morgan fingerprint density at radius 1 is 1.07 bits per heavy atom. The average Bonchev–Trinajstić information content (AvgIpc) is 2.99. The predicted molar refractivity (Wildman–Crippen MR) is 117 cm³/mol. The highest BCUT2D eigenvalue weighted by molar-refractivity contribution is 7.99. The molecule has 8 heteroatoms. The maximum absolute atomic E-state index is 13.3. The summed E-state index contributed by atoms with van der Waals surface area (Å²) in [7, 11) is -1.91. The second-order valence-corrected chi connectivity index (χ2v) is 10.7. The van der Waals surface area contributed by atoms with E-state index in [1.807, 2.05) is 45.2 Å². The lowest BCUT2D eigenvalue weighted by atomic mass is 9.85. The van der Waals surface area contributed by atoms with E-state index in [4.69, 9.17) is 0 Å². The van der Waals surface area contributed by atoms with Crippen LogP contribution in [0.15, 0.2) is 57.7 Å². The Kier molecular flexibility index (Phi) is 5.78. The first kappa shape index (κ1) is 21.4. The van der Waals surface area contributed by atoms with Crippen molar-refractivity contribution < 1.29 is 8.42 Å². The number of nitrogens with zero attached hydrogens (tertiary/aromatic N) is 3. The first-order chi connectivity index (χ1) is 13.5. The van der Waals surface area contributed by atoms with Gasteiger partial charge in [-0.05, 0) is 59.8 Å². The van der Waals surface area contributed by atoms with Crippen LogP contribution >= 0.6 is 11.8 Å². The molecule has 1 N–H and O–H groups in total. The van der Waals surface area contributed by atoms with E-state index in [2.05, 4.69) is 35.7 Å². The molecule has 154 valence electrons. The van der Waals surface area contributed by atoms with Gasteiger partial charge in [0.2, 0.25) is 0 Å². The number of hydrogen-bond donors (Lipinski definition) is 1. The van der Waals surface area contributed by atoms with Crippen molar-refractivity contribution in [1.29, 1.82) is 0 Å². The Morgan fingerprint density at radius 2 is 1.69 bits per heavy atom. The Labute approximate surface area is 176 Å². The zero-order chi connectivity index (χ0) is 21.4. The normalized spacial score (nSPS) is 12.2. The highest BCUT2D eigenvalue weighted by Gasteiger charge is 2.24. The largest absolute Gasteiger partial charge is 0.311 e. The van der Waals surface area contributed by atoms with Gasteiger partial charge in [0.15, 0.2) is 5.16 Å². The molecule has 3 aromatic rings. The number of para-hydroxylation sites is 1. The Morgan fingerprint density at radius 3 is 2.24 bits per heavy atom. The molecule has 1 aromatic heterocycles. The van der Waals surface area contributed by atoms with Gasteiger partial charge in [-0.25, -0.2) is 8.42 Å². The number of anilines is 1.